The number of carbonyl (C=O) groups excluding carboxylic acids is 3. The molecule has 0 aromatic carbocycles. The molecule has 0 atom stereocenters. The zero-order chi connectivity index (χ0) is 15.8. The predicted octanol–water partition coefficient (Wildman–Crippen LogP) is 0.673. The van der Waals surface area contributed by atoms with Gasteiger partial charge < -0.3 is 14.7 Å². The molecule has 1 rings (SSSR count). The summed E-state index contributed by atoms with van der Waals surface area (Å²) in [5.74, 6) is -1.40. The minimum absolute atomic E-state index is 0.152. The lowest BCUT2D eigenvalue weighted by atomic mass is 10.4. The van der Waals surface area contributed by atoms with E-state index >= 15 is 0 Å². The lowest BCUT2D eigenvalue weighted by Crippen LogP contribution is -2.42. The molecule has 0 saturated heterocycles. The van der Waals surface area contributed by atoms with Crippen molar-refractivity contribution in [2.75, 3.05) is 43.8 Å². The highest BCUT2D eigenvalue weighted by Gasteiger charge is 2.20. The van der Waals surface area contributed by atoms with Crippen LogP contribution in [0.4, 0.5) is 0 Å². The molecule has 1 aliphatic rings. The average Bonchev–Trinajstić information content (AvgIpc) is 2.62. The summed E-state index contributed by atoms with van der Waals surface area (Å²) >= 11 is 16.7. The van der Waals surface area contributed by atoms with Crippen molar-refractivity contribution in [3.63, 3.8) is 0 Å². The molecule has 0 fully saturated rings. The maximum Gasteiger partial charge on any atom is 0.241 e. The van der Waals surface area contributed by atoms with Gasteiger partial charge in [-0.3, -0.25) is 14.4 Å². The molecule has 0 spiro atoms. The van der Waals surface area contributed by atoms with Gasteiger partial charge in [0.15, 0.2) is 0 Å². The largest absolute Gasteiger partial charge is 0.338 e. The molecular weight excluding hydrogens is 341 g/mol. The third-order valence-electron chi connectivity index (χ3n) is 2.98. The average molecular weight is 357 g/mol. The van der Waals surface area contributed by atoms with Gasteiger partial charge in [-0.05, 0) is 0 Å². The van der Waals surface area contributed by atoms with Gasteiger partial charge in [0.1, 0.15) is 17.6 Å². The molecule has 0 aromatic heterocycles. The Bertz CT molecular complexity index is 401. The Morgan fingerprint density at radius 3 is 1.43 bits per heavy atom. The number of nitrogens with zero attached hydrogens (tertiary/aromatic N) is 3. The lowest BCUT2D eigenvalue weighted by molar-refractivity contribution is -0.131. The fourth-order valence-electron chi connectivity index (χ4n) is 1.78. The third kappa shape index (κ3) is 5.37. The first kappa shape index (κ1) is 18.1. The van der Waals surface area contributed by atoms with Gasteiger partial charge in [-0.1, -0.05) is 0 Å². The number of halogens is 3. The summed E-state index contributed by atoms with van der Waals surface area (Å²) in [4.78, 5) is 39.4. The molecule has 0 saturated carbocycles. The highest BCUT2D eigenvalue weighted by Crippen LogP contribution is 2.05. The van der Waals surface area contributed by atoms with Crippen LogP contribution in [-0.2, 0) is 14.4 Å². The number of alkyl halides is 3. The molecule has 21 heavy (non-hydrogen) atoms. The second kappa shape index (κ2) is 9.12. The summed E-state index contributed by atoms with van der Waals surface area (Å²) in [6.45, 7) is 1.21. The monoisotopic (exact) mass is 355 g/mol. The van der Waals surface area contributed by atoms with Crippen LogP contribution in [0.5, 0.6) is 0 Å². The predicted molar refractivity (Wildman–Crippen MR) is 81.3 cm³/mol. The Morgan fingerprint density at radius 1 is 0.714 bits per heavy atom. The van der Waals surface area contributed by atoms with Crippen molar-refractivity contribution in [1.29, 1.82) is 0 Å². The summed E-state index contributed by atoms with van der Waals surface area (Å²) in [5.41, 5.74) is 0. The summed E-state index contributed by atoms with van der Waals surface area (Å²) in [7, 11) is 0. The van der Waals surface area contributed by atoms with E-state index in [1.165, 1.54) is 27.1 Å². The molecule has 1 heterocycles. The van der Waals surface area contributed by atoms with Crippen molar-refractivity contribution in [2.24, 2.45) is 0 Å². The van der Waals surface area contributed by atoms with Gasteiger partial charge >= 0.3 is 0 Å². The van der Waals surface area contributed by atoms with Gasteiger partial charge in [0, 0.05) is 38.6 Å². The van der Waals surface area contributed by atoms with Crippen molar-refractivity contribution in [1.82, 2.24) is 14.7 Å². The van der Waals surface area contributed by atoms with Crippen molar-refractivity contribution in [3.05, 3.63) is 12.4 Å². The van der Waals surface area contributed by atoms with Crippen molar-refractivity contribution < 1.29 is 14.4 Å². The zero-order valence-corrected chi connectivity index (χ0v) is 13.6. The molecule has 0 bridgehead atoms. The fraction of sp³-hybridized carbons (Fsp3) is 0.583. The van der Waals surface area contributed by atoms with E-state index < -0.39 is 0 Å². The Kier molecular flexibility index (Phi) is 7.85. The maximum absolute atomic E-state index is 11.8. The molecule has 0 unspecified atom stereocenters. The molecule has 3 amide bonds. The van der Waals surface area contributed by atoms with E-state index in [0.717, 1.165) is 0 Å². The smallest absolute Gasteiger partial charge is 0.241 e. The molecule has 0 aromatic rings. The van der Waals surface area contributed by atoms with Crippen LogP contribution in [0, 0.1) is 0 Å². The standard InChI is InChI=1S/C12H16Cl3N3O3/c13-7-10(19)16-1-2-17(11(20)8-14)5-6-18(4-3-16)12(21)9-15/h1-2H,3-9H2. The second-order valence-electron chi connectivity index (χ2n) is 4.25. The van der Waals surface area contributed by atoms with Gasteiger partial charge in [-0.2, -0.15) is 0 Å². The van der Waals surface area contributed by atoms with Gasteiger partial charge in [-0.15, -0.1) is 34.8 Å². The Hall–Kier alpha value is -0.980. The highest BCUT2D eigenvalue weighted by molar-refractivity contribution is 6.28. The van der Waals surface area contributed by atoms with E-state index in [0.29, 0.717) is 13.1 Å². The van der Waals surface area contributed by atoms with E-state index in [4.69, 9.17) is 34.8 Å². The zero-order valence-electron chi connectivity index (χ0n) is 11.3. The Morgan fingerprint density at radius 2 is 1.10 bits per heavy atom. The van der Waals surface area contributed by atoms with Crippen LogP contribution in [-0.4, -0.2) is 76.2 Å². The Labute approximate surface area is 138 Å². The number of carbonyl (C=O) groups is 3. The minimum atomic E-state index is -0.314. The quantitative estimate of drug-likeness (QED) is 0.699. The number of hydrogen-bond acceptors (Lipinski definition) is 3. The summed E-state index contributed by atoms with van der Waals surface area (Å²) < 4.78 is 0. The first-order valence-electron chi connectivity index (χ1n) is 6.26. The first-order chi connectivity index (χ1) is 10.0. The van der Waals surface area contributed by atoms with Crippen LogP contribution in [0.25, 0.3) is 0 Å². The molecular formula is C12H16Cl3N3O3. The fourth-order valence-corrected chi connectivity index (χ4v) is 2.26. The maximum atomic E-state index is 11.8. The van der Waals surface area contributed by atoms with Crippen molar-refractivity contribution in [2.45, 2.75) is 0 Å². The number of amides is 3. The summed E-state index contributed by atoms with van der Waals surface area (Å²) in [5, 5.41) is 0. The summed E-state index contributed by atoms with van der Waals surface area (Å²) in [6, 6.07) is 0. The van der Waals surface area contributed by atoms with Crippen molar-refractivity contribution >= 4 is 52.5 Å². The van der Waals surface area contributed by atoms with Crippen LogP contribution in [0.1, 0.15) is 0 Å². The third-order valence-corrected chi connectivity index (χ3v) is 3.67. The van der Waals surface area contributed by atoms with Gasteiger partial charge in [0.05, 0.1) is 0 Å². The van der Waals surface area contributed by atoms with E-state index in [9.17, 15) is 14.4 Å². The van der Waals surface area contributed by atoms with E-state index in [1.807, 2.05) is 0 Å². The molecule has 0 radical (unpaired) electrons. The topological polar surface area (TPSA) is 60.9 Å². The highest BCUT2D eigenvalue weighted by atomic mass is 35.5. The van der Waals surface area contributed by atoms with Crippen LogP contribution in [0.3, 0.4) is 0 Å². The first-order valence-corrected chi connectivity index (χ1v) is 7.86. The normalized spacial score (nSPS) is 16.2. The molecule has 0 aliphatic carbocycles. The van der Waals surface area contributed by atoms with Crippen LogP contribution < -0.4 is 0 Å². The molecule has 9 heteroatoms. The van der Waals surface area contributed by atoms with E-state index in [2.05, 4.69) is 0 Å². The Balaban J connectivity index is 2.93. The number of rotatable bonds is 3. The SMILES string of the molecule is O=C(CCl)N1C=CN(C(=O)CCl)CCN(C(=O)CCl)CC1. The van der Waals surface area contributed by atoms with Crippen LogP contribution >= 0.6 is 34.8 Å². The van der Waals surface area contributed by atoms with E-state index in [-0.39, 0.29) is 48.5 Å². The van der Waals surface area contributed by atoms with Crippen LogP contribution in [0.15, 0.2) is 12.4 Å². The van der Waals surface area contributed by atoms with Gasteiger partial charge in [0.2, 0.25) is 17.7 Å². The number of hydrogen-bond donors (Lipinski definition) is 0. The molecule has 6 nitrogen and oxygen atoms in total. The molecule has 118 valence electrons. The van der Waals surface area contributed by atoms with Crippen molar-refractivity contribution in [3.8, 4) is 0 Å². The van der Waals surface area contributed by atoms with E-state index in [1.54, 1.807) is 0 Å². The van der Waals surface area contributed by atoms with Gasteiger partial charge in [-0.25, -0.2) is 0 Å². The molecule has 0 N–H and O–H groups in total. The van der Waals surface area contributed by atoms with Gasteiger partial charge in [0.25, 0.3) is 0 Å². The second-order valence-corrected chi connectivity index (χ2v) is 5.06. The lowest BCUT2D eigenvalue weighted by Gasteiger charge is -2.25. The van der Waals surface area contributed by atoms with Crippen LogP contribution in [0.2, 0.25) is 0 Å². The minimum Gasteiger partial charge on any atom is -0.338 e. The molecule has 1 aliphatic heterocycles. The summed E-state index contributed by atoms with van der Waals surface area (Å²) in [6.07, 6.45) is 2.95.